The number of rotatable bonds is 5. The van der Waals surface area contributed by atoms with E-state index in [9.17, 15) is 4.79 Å². The maximum absolute atomic E-state index is 11.2. The molecule has 2 aromatic rings. The van der Waals surface area contributed by atoms with Gasteiger partial charge in [-0.15, -0.1) is 0 Å². The van der Waals surface area contributed by atoms with Crippen LogP contribution in [0, 0.1) is 6.92 Å². The predicted octanol–water partition coefficient (Wildman–Crippen LogP) is 3.29. The predicted molar refractivity (Wildman–Crippen MR) is 77.7 cm³/mol. The SMILES string of the molecule is COC(=O)Cc1ccc(OCc2ccccc2C)cc1. The van der Waals surface area contributed by atoms with Crippen molar-refractivity contribution in [3.05, 3.63) is 65.2 Å². The molecule has 0 aliphatic carbocycles. The van der Waals surface area contributed by atoms with Gasteiger partial charge in [0.2, 0.25) is 0 Å². The van der Waals surface area contributed by atoms with E-state index >= 15 is 0 Å². The molecule has 3 heteroatoms. The van der Waals surface area contributed by atoms with Gasteiger partial charge in [-0.05, 0) is 35.7 Å². The Morgan fingerprint density at radius 2 is 1.75 bits per heavy atom. The molecule has 0 aliphatic heterocycles. The van der Waals surface area contributed by atoms with Crippen molar-refractivity contribution in [1.29, 1.82) is 0 Å². The van der Waals surface area contributed by atoms with E-state index in [2.05, 4.69) is 23.8 Å². The lowest BCUT2D eigenvalue weighted by Gasteiger charge is -2.09. The van der Waals surface area contributed by atoms with Crippen LogP contribution in [0.1, 0.15) is 16.7 Å². The van der Waals surface area contributed by atoms with Crippen molar-refractivity contribution in [2.45, 2.75) is 20.0 Å². The molecule has 0 unspecified atom stereocenters. The maximum Gasteiger partial charge on any atom is 0.309 e. The Morgan fingerprint density at radius 1 is 1.05 bits per heavy atom. The van der Waals surface area contributed by atoms with Gasteiger partial charge in [-0.1, -0.05) is 36.4 Å². The Kier molecular flexibility index (Phi) is 4.77. The Hall–Kier alpha value is -2.29. The van der Waals surface area contributed by atoms with E-state index in [-0.39, 0.29) is 12.4 Å². The minimum absolute atomic E-state index is 0.237. The normalized spacial score (nSPS) is 10.1. The molecule has 20 heavy (non-hydrogen) atoms. The molecule has 0 radical (unpaired) electrons. The highest BCUT2D eigenvalue weighted by Gasteiger charge is 2.03. The zero-order valence-electron chi connectivity index (χ0n) is 11.8. The van der Waals surface area contributed by atoms with Crippen LogP contribution in [0.4, 0.5) is 0 Å². The largest absolute Gasteiger partial charge is 0.489 e. The third-order valence-corrected chi connectivity index (χ3v) is 3.16. The summed E-state index contributed by atoms with van der Waals surface area (Å²) in [6.07, 6.45) is 0.286. The molecule has 0 aliphatic rings. The van der Waals surface area contributed by atoms with E-state index in [0.29, 0.717) is 6.61 Å². The second-order valence-corrected chi connectivity index (χ2v) is 4.61. The minimum atomic E-state index is -0.237. The summed E-state index contributed by atoms with van der Waals surface area (Å²) in [5.74, 6) is 0.556. The zero-order chi connectivity index (χ0) is 14.4. The first-order valence-electron chi connectivity index (χ1n) is 6.52. The van der Waals surface area contributed by atoms with E-state index < -0.39 is 0 Å². The smallest absolute Gasteiger partial charge is 0.309 e. The number of hydrogen-bond acceptors (Lipinski definition) is 3. The van der Waals surface area contributed by atoms with Gasteiger partial charge in [-0.3, -0.25) is 4.79 Å². The topological polar surface area (TPSA) is 35.5 Å². The van der Waals surface area contributed by atoms with Crippen LogP contribution in [-0.4, -0.2) is 13.1 Å². The van der Waals surface area contributed by atoms with E-state index in [1.54, 1.807) is 0 Å². The number of esters is 1. The van der Waals surface area contributed by atoms with Gasteiger partial charge in [0.25, 0.3) is 0 Å². The van der Waals surface area contributed by atoms with Crippen LogP contribution in [0.3, 0.4) is 0 Å². The lowest BCUT2D eigenvalue weighted by Crippen LogP contribution is -2.04. The number of carbonyl (C=O) groups excluding carboxylic acids is 1. The Morgan fingerprint density at radius 3 is 2.40 bits per heavy atom. The number of ether oxygens (including phenoxy) is 2. The van der Waals surface area contributed by atoms with Gasteiger partial charge in [0.1, 0.15) is 12.4 Å². The summed E-state index contributed by atoms with van der Waals surface area (Å²) < 4.78 is 10.4. The van der Waals surface area contributed by atoms with Crippen LogP contribution < -0.4 is 4.74 Å². The molecule has 3 nitrogen and oxygen atoms in total. The zero-order valence-corrected chi connectivity index (χ0v) is 11.8. The third-order valence-electron chi connectivity index (χ3n) is 3.16. The molecule has 0 fully saturated rings. The number of aryl methyl sites for hydroxylation is 1. The van der Waals surface area contributed by atoms with Crippen LogP contribution in [0.2, 0.25) is 0 Å². The third kappa shape index (κ3) is 3.85. The summed E-state index contributed by atoms with van der Waals surface area (Å²) in [6.45, 7) is 2.61. The first-order valence-corrected chi connectivity index (χ1v) is 6.52. The van der Waals surface area contributed by atoms with Crippen molar-refractivity contribution >= 4 is 5.97 Å². The Labute approximate surface area is 119 Å². The van der Waals surface area contributed by atoms with Crippen molar-refractivity contribution < 1.29 is 14.3 Å². The summed E-state index contributed by atoms with van der Waals surface area (Å²) in [6, 6.07) is 15.6. The average molecular weight is 270 g/mol. The van der Waals surface area contributed by atoms with Crippen molar-refractivity contribution in [3.63, 3.8) is 0 Å². The standard InChI is InChI=1S/C17H18O3/c1-13-5-3-4-6-15(13)12-20-16-9-7-14(8-10-16)11-17(18)19-2/h3-10H,11-12H2,1-2H3. The van der Waals surface area contributed by atoms with Crippen LogP contribution >= 0.6 is 0 Å². The monoisotopic (exact) mass is 270 g/mol. The molecule has 0 amide bonds. The van der Waals surface area contributed by atoms with Gasteiger partial charge in [-0.2, -0.15) is 0 Å². The maximum atomic E-state index is 11.2. The van der Waals surface area contributed by atoms with Crippen molar-refractivity contribution in [2.24, 2.45) is 0 Å². The van der Waals surface area contributed by atoms with Crippen molar-refractivity contribution in [1.82, 2.24) is 0 Å². The second-order valence-electron chi connectivity index (χ2n) is 4.61. The lowest BCUT2D eigenvalue weighted by atomic mass is 10.1. The second kappa shape index (κ2) is 6.75. The van der Waals surface area contributed by atoms with E-state index in [4.69, 9.17) is 4.74 Å². The minimum Gasteiger partial charge on any atom is -0.489 e. The molecule has 0 spiro atoms. The van der Waals surface area contributed by atoms with Crippen LogP contribution in [0.15, 0.2) is 48.5 Å². The molecule has 2 rings (SSSR count). The highest BCUT2D eigenvalue weighted by Crippen LogP contribution is 2.16. The Balaban J connectivity index is 1.94. The van der Waals surface area contributed by atoms with E-state index in [0.717, 1.165) is 11.3 Å². The summed E-state index contributed by atoms with van der Waals surface area (Å²) in [4.78, 5) is 11.2. The first kappa shape index (κ1) is 14.1. The average Bonchev–Trinajstić information content (AvgIpc) is 2.48. The highest BCUT2D eigenvalue weighted by molar-refractivity contribution is 5.72. The molecular weight excluding hydrogens is 252 g/mol. The number of carbonyl (C=O) groups is 1. The fourth-order valence-electron chi connectivity index (χ4n) is 1.88. The fourth-order valence-corrected chi connectivity index (χ4v) is 1.88. The van der Waals surface area contributed by atoms with Gasteiger partial charge in [-0.25, -0.2) is 0 Å². The lowest BCUT2D eigenvalue weighted by molar-refractivity contribution is -0.139. The summed E-state index contributed by atoms with van der Waals surface area (Å²) in [5.41, 5.74) is 3.31. The fraction of sp³-hybridized carbons (Fsp3) is 0.235. The first-order chi connectivity index (χ1) is 9.69. The molecule has 0 heterocycles. The van der Waals surface area contributed by atoms with Gasteiger partial charge in [0, 0.05) is 0 Å². The molecular formula is C17H18O3. The van der Waals surface area contributed by atoms with Gasteiger partial charge in [0.05, 0.1) is 13.5 Å². The van der Waals surface area contributed by atoms with Crippen LogP contribution in [0.5, 0.6) is 5.75 Å². The molecule has 0 N–H and O–H groups in total. The number of methoxy groups -OCH3 is 1. The van der Waals surface area contributed by atoms with E-state index in [1.165, 1.54) is 18.2 Å². The van der Waals surface area contributed by atoms with Gasteiger partial charge < -0.3 is 9.47 Å². The van der Waals surface area contributed by atoms with E-state index in [1.807, 2.05) is 36.4 Å². The molecule has 0 bridgehead atoms. The van der Waals surface area contributed by atoms with Gasteiger partial charge >= 0.3 is 5.97 Å². The summed E-state index contributed by atoms with van der Waals surface area (Å²) >= 11 is 0. The van der Waals surface area contributed by atoms with Crippen molar-refractivity contribution in [3.8, 4) is 5.75 Å². The summed E-state index contributed by atoms with van der Waals surface area (Å²) in [5, 5.41) is 0. The Bertz CT molecular complexity index is 573. The summed E-state index contributed by atoms with van der Waals surface area (Å²) in [7, 11) is 1.39. The molecule has 2 aromatic carbocycles. The molecule has 0 saturated heterocycles. The number of benzene rings is 2. The van der Waals surface area contributed by atoms with Crippen LogP contribution in [0.25, 0.3) is 0 Å². The molecule has 0 aromatic heterocycles. The highest BCUT2D eigenvalue weighted by atomic mass is 16.5. The molecule has 104 valence electrons. The molecule has 0 saturated carbocycles. The number of hydrogen-bond donors (Lipinski definition) is 0. The van der Waals surface area contributed by atoms with Crippen molar-refractivity contribution in [2.75, 3.05) is 7.11 Å². The van der Waals surface area contributed by atoms with Gasteiger partial charge in [0.15, 0.2) is 0 Å². The quantitative estimate of drug-likeness (QED) is 0.782. The van der Waals surface area contributed by atoms with Crippen LogP contribution in [-0.2, 0) is 22.6 Å². The molecule has 0 atom stereocenters.